The number of aromatic nitrogens is 3. The molecule has 0 aliphatic rings. The van der Waals surface area contributed by atoms with Crippen LogP contribution in [0.15, 0.2) is 72.8 Å². The van der Waals surface area contributed by atoms with Crippen LogP contribution < -0.4 is 15.5 Å². The maximum Gasteiger partial charge on any atom is 0.326 e. The summed E-state index contributed by atoms with van der Waals surface area (Å²) in [6.07, 6.45) is 0.257. The minimum atomic E-state index is -0.971. The van der Waals surface area contributed by atoms with Crippen molar-refractivity contribution >= 4 is 53.5 Å². The number of nitrogens with one attached hydrogen (secondary N) is 4. The monoisotopic (exact) mass is 536 g/mol. The van der Waals surface area contributed by atoms with E-state index in [1.807, 2.05) is 6.07 Å². The molecule has 1 aromatic heterocycles. The molecule has 10 nitrogen and oxygen atoms in total. The molecule has 12 heteroatoms. The molecular weight excluding hydrogens is 512 g/mol. The zero-order valence-corrected chi connectivity index (χ0v) is 21.3. The van der Waals surface area contributed by atoms with Crippen LogP contribution >= 0.6 is 24.4 Å². The normalized spacial score (nSPS) is 11.5. The fourth-order valence-corrected chi connectivity index (χ4v) is 4.32. The Hall–Kier alpha value is -4.42. The van der Waals surface area contributed by atoms with E-state index < -0.39 is 18.0 Å². The summed E-state index contributed by atoms with van der Waals surface area (Å²) in [6.45, 7) is 0. The van der Waals surface area contributed by atoms with Gasteiger partial charge in [-0.3, -0.25) is 14.8 Å². The van der Waals surface area contributed by atoms with Gasteiger partial charge < -0.3 is 25.7 Å². The van der Waals surface area contributed by atoms with Crippen molar-refractivity contribution in [2.45, 2.75) is 12.5 Å². The third-order valence-corrected chi connectivity index (χ3v) is 6.26. The number of hydrogen-bond donors (Lipinski definition) is 6. The number of nitrogens with zero attached hydrogens (tertiary/aromatic N) is 2. The smallest absolute Gasteiger partial charge is 0.326 e. The molecule has 190 valence electrons. The molecule has 0 saturated carbocycles. The highest BCUT2D eigenvalue weighted by molar-refractivity contribution is 7.72. The van der Waals surface area contributed by atoms with Gasteiger partial charge in [0.05, 0.1) is 5.69 Å². The fourth-order valence-electron chi connectivity index (χ4n) is 3.77. The van der Waals surface area contributed by atoms with Crippen molar-refractivity contribution in [1.82, 2.24) is 14.8 Å². The first-order chi connectivity index (χ1) is 17.7. The number of urea groups is 1. The number of aromatic hydroxyl groups is 1. The Kier molecular flexibility index (Phi) is 7.70. The Morgan fingerprint density at radius 2 is 1.57 bits per heavy atom. The third kappa shape index (κ3) is 6.23. The van der Waals surface area contributed by atoms with Crippen LogP contribution in [-0.4, -0.2) is 50.1 Å². The second-order valence-corrected chi connectivity index (χ2v) is 8.98. The predicted octanol–water partition coefficient (Wildman–Crippen LogP) is 5.07. The van der Waals surface area contributed by atoms with Crippen LogP contribution in [0.1, 0.15) is 5.56 Å². The lowest BCUT2D eigenvalue weighted by molar-refractivity contribution is -0.138. The number of H-pyrrole nitrogens is 2. The van der Waals surface area contributed by atoms with Gasteiger partial charge in [0, 0.05) is 30.5 Å². The minimum Gasteiger partial charge on any atom is -0.508 e. The van der Waals surface area contributed by atoms with Crippen molar-refractivity contribution in [3.05, 3.63) is 87.9 Å². The summed E-state index contributed by atoms with van der Waals surface area (Å²) in [7, 11) is 1.70. The van der Waals surface area contributed by atoms with E-state index >= 15 is 0 Å². The van der Waals surface area contributed by atoms with Gasteiger partial charge in [0.2, 0.25) is 0 Å². The lowest BCUT2D eigenvalue weighted by Gasteiger charge is -2.27. The maximum absolute atomic E-state index is 12.6. The molecule has 4 aromatic rings. The highest BCUT2D eigenvalue weighted by atomic mass is 32.1. The van der Waals surface area contributed by atoms with Crippen molar-refractivity contribution in [3.63, 3.8) is 0 Å². The van der Waals surface area contributed by atoms with E-state index in [9.17, 15) is 19.8 Å². The van der Waals surface area contributed by atoms with E-state index in [0.717, 1.165) is 5.56 Å². The van der Waals surface area contributed by atoms with Crippen LogP contribution in [0.3, 0.4) is 0 Å². The van der Waals surface area contributed by atoms with Gasteiger partial charge in [0.15, 0.2) is 9.54 Å². The van der Waals surface area contributed by atoms with Crippen molar-refractivity contribution in [1.29, 1.82) is 0 Å². The highest BCUT2D eigenvalue weighted by Crippen LogP contribution is 2.22. The molecule has 0 fully saturated rings. The molecule has 1 unspecified atom stereocenters. The molecule has 37 heavy (non-hydrogen) atoms. The number of amides is 2. The van der Waals surface area contributed by atoms with E-state index in [1.54, 1.807) is 71.1 Å². The second kappa shape index (κ2) is 11.1. The predicted molar refractivity (Wildman–Crippen MR) is 147 cm³/mol. The number of aromatic amines is 2. The Balaban J connectivity index is 1.41. The number of anilines is 3. The summed E-state index contributed by atoms with van der Waals surface area (Å²) < 4.78 is 2.45. The minimum absolute atomic E-state index is 0.123. The molecule has 0 aliphatic heterocycles. The summed E-state index contributed by atoms with van der Waals surface area (Å²) in [5.41, 5.74) is 3.23. The van der Waals surface area contributed by atoms with Gasteiger partial charge in [-0.1, -0.05) is 18.2 Å². The number of phenolic OH excluding ortho intramolecular Hbond substituents is 1. The summed E-state index contributed by atoms with van der Waals surface area (Å²) >= 11 is 10.5. The lowest BCUT2D eigenvalue weighted by atomic mass is 10.0. The van der Waals surface area contributed by atoms with E-state index in [0.29, 0.717) is 32.3 Å². The van der Waals surface area contributed by atoms with Gasteiger partial charge in [0.1, 0.15) is 11.8 Å². The van der Waals surface area contributed by atoms with Gasteiger partial charge in [0.25, 0.3) is 0 Å². The molecule has 0 bridgehead atoms. The molecule has 0 saturated heterocycles. The number of carbonyl (C=O) groups excluding carboxylic acids is 1. The Labute approximate surface area is 222 Å². The average Bonchev–Trinajstić information content (AvgIpc) is 3.21. The zero-order chi connectivity index (χ0) is 26.5. The number of carboxylic acid groups (broad SMARTS) is 1. The number of hydrogen-bond acceptors (Lipinski definition) is 6. The highest BCUT2D eigenvalue weighted by Gasteiger charge is 2.23. The zero-order valence-electron chi connectivity index (χ0n) is 19.6. The van der Waals surface area contributed by atoms with Gasteiger partial charge in [-0.2, -0.15) is 0 Å². The van der Waals surface area contributed by atoms with Gasteiger partial charge in [-0.05, 0) is 84.6 Å². The van der Waals surface area contributed by atoms with E-state index in [4.69, 9.17) is 24.4 Å². The summed E-state index contributed by atoms with van der Waals surface area (Å²) in [5, 5.41) is 30.3. The van der Waals surface area contributed by atoms with Crippen LogP contribution in [0.5, 0.6) is 5.75 Å². The van der Waals surface area contributed by atoms with Crippen LogP contribution in [-0.2, 0) is 11.2 Å². The Morgan fingerprint density at radius 3 is 2.19 bits per heavy atom. The van der Waals surface area contributed by atoms with Crippen LogP contribution in [0.4, 0.5) is 21.9 Å². The Bertz CT molecular complexity index is 1500. The van der Waals surface area contributed by atoms with Crippen molar-refractivity contribution in [2.24, 2.45) is 0 Å². The van der Waals surface area contributed by atoms with Crippen LogP contribution in [0.2, 0.25) is 0 Å². The standard InChI is InChI=1S/C25H24N6O4S2/c1-30(21(22(33)34)13-15-5-11-20(32)12-6-15)18-9-7-16(8-10-18)26-23(35)27-17-3-2-4-19(14-17)31-24(36)28-29-25(31)37/h2-12,14,21,32H,13H2,1H3,(H,28,36)(H,29,37)(H,33,34)(H2,26,27,35). The van der Waals surface area contributed by atoms with Crippen molar-refractivity contribution in [2.75, 3.05) is 22.6 Å². The SMILES string of the molecule is CN(c1ccc(NC(=O)Nc2cccc(-n3c(=S)[nH][nH]c3=S)c2)cc1)C(Cc1ccc(O)cc1)C(=O)O. The number of likely N-dealkylation sites (N-methyl/N-ethyl adjacent to an activating group) is 1. The average molecular weight is 537 g/mol. The molecule has 0 spiro atoms. The number of aliphatic carboxylic acids is 1. The molecular formula is C25H24N6O4S2. The third-order valence-electron chi connectivity index (χ3n) is 5.70. The molecule has 4 rings (SSSR count). The maximum atomic E-state index is 12.6. The molecule has 0 radical (unpaired) electrons. The van der Waals surface area contributed by atoms with E-state index in [-0.39, 0.29) is 12.2 Å². The van der Waals surface area contributed by atoms with Gasteiger partial charge in [-0.25, -0.2) is 9.59 Å². The van der Waals surface area contributed by atoms with Gasteiger partial charge >= 0.3 is 12.0 Å². The van der Waals surface area contributed by atoms with E-state index in [1.165, 1.54) is 12.1 Å². The fraction of sp³-hybridized carbons (Fsp3) is 0.120. The Morgan fingerprint density at radius 1 is 0.946 bits per heavy atom. The quantitative estimate of drug-likeness (QED) is 0.173. The molecule has 2 amide bonds. The number of carbonyl (C=O) groups is 2. The first kappa shape index (κ1) is 25.7. The molecule has 6 N–H and O–H groups in total. The number of rotatable bonds is 8. The number of benzene rings is 3. The molecule has 3 aromatic carbocycles. The van der Waals surface area contributed by atoms with Gasteiger partial charge in [-0.15, -0.1) is 0 Å². The van der Waals surface area contributed by atoms with Crippen LogP contribution in [0, 0.1) is 9.54 Å². The van der Waals surface area contributed by atoms with E-state index in [2.05, 4.69) is 20.8 Å². The lowest BCUT2D eigenvalue weighted by Crippen LogP contribution is -2.40. The van der Waals surface area contributed by atoms with Crippen molar-refractivity contribution < 1.29 is 19.8 Å². The summed E-state index contributed by atoms with van der Waals surface area (Å²) in [6, 6.07) is 19.1. The summed E-state index contributed by atoms with van der Waals surface area (Å²) in [5.74, 6) is -0.848. The largest absolute Gasteiger partial charge is 0.508 e. The number of phenols is 1. The molecule has 0 aliphatic carbocycles. The topological polar surface area (TPSA) is 138 Å². The first-order valence-electron chi connectivity index (χ1n) is 11.1. The number of carboxylic acids is 1. The first-order valence-corrected chi connectivity index (χ1v) is 11.9. The second-order valence-electron chi connectivity index (χ2n) is 8.21. The molecule has 1 heterocycles. The van der Waals surface area contributed by atoms with Crippen LogP contribution in [0.25, 0.3) is 5.69 Å². The van der Waals surface area contributed by atoms with Crippen molar-refractivity contribution in [3.8, 4) is 11.4 Å². The summed E-state index contributed by atoms with van der Waals surface area (Å²) in [4.78, 5) is 26.2. The molecule has 1 atom stereocenters.